The summed E-state index contributed by atoms with van der Waals surface area (Å²) in [6.07, 6.45) is 8.25. The van der Waals surface area contributed by atoms with Crippen LogP contribution in [0.15, 0.2) is 48.7 Å². The number of amides is 3. The zero-order chi connectivity index (χ0) is 22.2. The number of pyridine rings is 1. The quantitative estimate of drug-likeness (QED) is 0.728. The Balaban J connectivity index is 1.18. The van der Waals surface area contributed by atoms with Crippen LogP contribution in [0.5, 0.6) is 0 Å². The molecule has 1 unspecified atom stereocenters. The SMILES string of the molecule is CC(NC(=O)N(C)c1ccccn1)c1ccc(C(=O)NC2C3CC4CC(C3)CC2C4)cc1. The van der Waals surface area contributed by atoms with Gasteiger partial charge in [-0.25, -0.2) is 9.78 Å². The van der Waals surface area contributed by atoms with Crippen LogP contribution in [-0.2, 0) is 0 Å². The van der Waals surface area contributed by atoms with Crippen LogP contribution in [0.2, 0.25) is 0 Å². The van der Waals surface area contributed by atoms with Crippen molar-refractivity contribution in [3.05, 3.63) is 59.8 Å². The van der Waals surface area contributed by atoms with Gasteiger partial charge in [0.15, 0.2) is 0 Å². The van der Waals surface area contributed by atoms with E-state index in [1.165, 1.54) is 37.0 Å². The highest BCUT2D eigenvalue weighted by Crippen LogP contribution is 2.53. The predicted molar refractivity (Wildman–Crippen MR) is 124 cm³/mol. The Bertz CT molecular complexity index is 947. The van der Waals surface area contributed by atoms with Gasteiger partial charge in [-0.15, -0.1) is 0 Å². The molecule has 4 aliphatic rings. The molecule has 4 bridgehead atoms. The average Bonchev–Trinajstić information content (AvgIpc) is 2.81. The number of rotatable bonds is 5. The lowest BCUT2D eigenvalue weighted by Gasteiger charge is -2.54. The minimum Gasteiger partial charge on any atom is -0.349 e. The molecule has 168 valence electrons. The standard InChI is InChI=1S/C26H32N4O2/c1-16(28-26(32)30(2)23-5-3-4-10-27-23)19-6-8-20(9-7-19)25(31)29-24-21-12-17-11-18(14-21)15-22(24)13-17/h3-10,16-18,21-22,24H,11-15H2,1-2H3,(H,28,32)(H,29,31). The smallest absolute Gasteiger partial charge is 0.323 e. The van der Waals surface area contributed by atoms with E-state index >= 15 is 0 Å². The van der Waals surface area contributed by atoms with Crippen LogP contribution >= 0.6 is 0 Å². The van der Waals surface area contributed by atoms with E-state index in [9.17, 15) is 9.59 Å². The van der Waals surface area contributed by atoms with Crippen LogP contribution < -0.4 is 15.5 Å². The number of benzene rings is 1. The van der Waals surface area contributed by atoms with Gasteiger partial charge in [-0.2, -0.15) is 0 Å². The molecule has 2 aromatic rings. The van der Waals surface area contributed by atoms with E-state index in [4.69, 9.17) is 0 Å². The molecule has 0 aliphatic heterocycles. The monoisotopic (exact) mass is 432 g/mol. The first-order valence-electron chi connectivity index (χ1n) is 11.8. The van der Waals surface area contributed by atoms with E-state index < -0.39 is 0 Å². The van der Waals surface area contributed by atoms with Gasteiger partial charge < -0.3 is 10.6 Å². The summed E-state index contributed by atoms with van der Waals surface area (Å²) in [7, 11) is 1.70. The zero-order valence-electron chi connectivity index (χ0n) is 18.8. The highest BCUT2D eigenvalue weighted by atomic mass is 16.2. The van der Waals surface area contributed by atoms with Crippen molar-refractivity contribution < 1.29 is 9.59 Å². The highest BCUT2D eigenvalue weighted by Gasteiger charge is 2.48. The molecule has 4 aliphatic carbocycles. The van der Waals surface area contributed by atoms with Gasteiger partial charge in [0, 0.05) is 24.8 Å². The molecule has 32 heavy (non-hydrogen) atoms. The number of carbonyl (C=O) groups is 2. The molecule has 0 radical (unpaired) electrons. The minimum absolute atomic E-state index is 0.0283. The molecule has 6 nitrogen and oxygen atoms in total. The van der Waals surface area contributed by atoms with Crippen molar-refractivity contribution in [1.82, 2.24) is 15.6 Å². The van der Waals surface area contributed by atoms with E-state index in [2.05, 4.69) is 15.6 Å². The molecule has 1 aromatic heterocycles. The second kappa shape index (κ2) is 8.57. The Morgan fingerprint density at radius 2 is 1.62 bits per heavy atom. The maximum Gasteiger partial charge on any atom is 0.323 e. The summed E-state index contributed by atoms with van der Waals surface area (Å²) in [5, 5.41) is 6.36. The summed E-state index contributed by atoms with van der Waals surface area (Å²) in [5.41, 5.74) is 1.64. The number of hydrogen-bond acceptors (Lipinski definition) is 3. The number of aromatic nitrogens is 1. The third-order valence-corrected chi connectivity index (χ3v) is 7.83. The Labute approximate surface area is 189 Å². The van der Waals surface area contributed by atoms with Crippen LogP contribution in [0.1, 0.15) is 61.0 Å². The maximum atomic E-state index is 12.9. The summed E-state index contributed by atoms with van der Waals surface area (Å²) in [6, 6.07) is 13.0. The van der Waals surface area contributed by atoms with E-state index in [-0.39, 0.29) is 18.0 Å². The molecular formula is C26H32N4O2. The van der Waals surface area contributed by atoms with Crippen molar-refractivity contribution >= 4 is 17.8 Å². The van der Waals surface area contributed by atoms with Crippen molar-refractivity contribution in [3.63, 3.8) is 0 Å². The Kier molecular flexibility index (Phi) is 5.62. The molecule has 6 heteroatoms. The first kappa shape index (κ1) is 21.0. The lowest BCUT2D eigenvalue weighted by atomic mass is 9.54. The number of hydrogen-bond donors (Lipinski definition) is 2. The molecule has 6 rings (SSSR count). The number of carbonyl (C=O) groups excluding carboxylic acids is 2. The van der Waals surface area contributed by atoms with Gasteiger partial charge in [-0.05, 0) is 92.5 Å². The van der Waals surface area contributed by atoms with Gasteiger partial charge in [0.1, 0.15) is 5.82 Å². The molecule has 4 saturated carbocycles. The minimum atomic E-state index is -0.222. The predicted octanol–water partition coefficient (Wildman–Crippen LogP) is 4.54. The van der Waals surface area contributed by atoms with Crippen molar-refractivity contribution in [3.8, 4) is 0 Å². The molecule has 1 aromatic carbocycles. The van der Waals surface area contributed by atoms with Gasteiger partial charge in [0.25, 0.3) is 5.91 Å². The fourth-order valence-electron chi connectivity index (χ4n) is 6.34. The molecule has 2 N–H and O–H groups in total. The van der Waals surface area contributed by atoms with Crippen molar-refractivity contribution in [1.29, 1.82) is 0 Å². The van der Waals surface area contributed by atoms with Gasteiger partial charge in [-0.3, -0.25) is 9.69 Å². The van der Waals surface area contributed by atoms with Gasteiger partial charge in [0.05, 0.1) is 6.04 Å². The summed E-state index contributed by atoms with van der Waals surface area (Å²) in [5.74, 6) is 3.76. The lowest BCUT2D eigenvalue weighted by molar-refractivity contribution is -0.0119. The van der Waals surface area contributed by atoms with Crippen LogP contribution in [0.4, 0.5) is 10.6 Å². The fraction of sp³-hybridized carbons (Fsp3) is 0.500. The molecule has 0 spiro atoms. The molecule has 1 heterocycles. The second-order valence-corrected chi connectivity index (χ2v) is 9.97. The molecule has 4 fully saturated rings. The van der Waals surface area contributed by atoms with E-state index in [1.54, 1.807) is 19.3 Å². The van der Waals surface area contributed by atoms with Gasteiger partial charge >= 0.3 is 6.03 Å². The van der Waals surface area contributed by atoms with E-state index in [0.717, 1.165) is 17.4 Å². The third kappa shape index (κ3) is 4.10. The summed E-state index contributed by atoms with van der Waals surface area (Å²) in [6.45, 7) is 1.94. The van der Waals surface area contributed by atoms with Crippen LogP contribution in [0, 0.1) is 23.7 Å². The Hall–Kier alpha value is -2.89. The molecule has 3 amide bonds. The van der Waals surface area contributed by atoms with Crippen LogP contribution in [-0.4, -0.2) is 30.0 Å². The third-order valence-electron chi connectivity index (χ3n) is 7.83. The Morgan fingerprint density at radius 3 is 2.22 bits per heavy atom. The Morgan fingerprint density at radius 1 is 0.969 bits per heavy atom. The lowest BCUT2D eigenvalue weighted by Crippen LogP contribution is -2.55. The number of urea groups is 1. The number of anilines is 1. The van der Waals surface area contributed by atoms with Crippen molar-refractivity contribution in [2.45, 2.75) is 51.1 Å². The average molecular weight is 433 g/mol. The normalized spacial score (nSPS) is 28.8. The second-order valence-electron chi connectivity index (χ2n) is 9.97. The first-order chi connectivity index (χ1) is 15.5. The summed E-state index contributed by atoms with van der Waals surface area (Å²) < 4.78 is 0. The van der Waals surface area contributed by atoms with Gasteiger partial charge in [-0.1, -0.05) is 18.2 Å². The molecular weight excluding hydrogens is 400 g/mol. The molecule has 1 atom stereocenters. The number of nitrogens with zero attached hydrogens (tertiary/aromatic N) is 2. The zero-order valence-corrected chi connectivity index (χ0v) is 18.8. The largest absolute Gasteiger partial charge is 0.349 e. The maximum absolute atomic E-state index is 12.9. The first-order valence-corrected chi connectivity index (χ1v) is 11.8. The number of nitrogens with one attached hydrogen (secondary N) is 2. The van der Waals surface area contributed by atoms with E-state index in [0.29, 0.717) is 29.3 Å². The highest BCUT2D eigenvalue weighted by molar-refractivity contribution is 5.94. The topological polar surface area (TPSA) is 74.3 Å². The fourth-order valence-corrected chi connectivity index (χ4v) is 6.34. The van der Waals surface area contributed by atoms with Gasteiger partial charge in [0.2, 0.25) is 0 Å². The van der Waals surface area contributed by atoms with Crippen LogP contribution in [0.3, 0.4) is 0 Å². The van der Waals surface area contributed by atoms with Crippen molar-refractivity contribution in [2.75, 3.05) is 11.9 Å². The van der Waals surface area contributed by atoms with E-state index in [1.807, 2.05) is 43.3 Å². The van der Waals surface area contributed by atoms with Crippen molar-refractivity contribution in [2.24, 2.45) is 23.7 Å². The summed E-state index contributed by atoms with van der Waals surface area (Å²) >= 11 is 0. The molecule has 0 saturated heterocycles. The van der Waals surface area contributed by atoms with Crippen LogP contribution in [0.25, 0.3) is 0 Å². The summed E-state index contributed by atoms with van der Waals surface area (Å²) in [4.78, 5) is 31.2.